The number of nitrogens with two attached hydrogens (primary N) is 1. The lowest BCUT2D eigenvalue weighted by molar-refractivity contribution is 0.0959. The van der Waals surface area contributed by atoms with Crippen molar-refractivity contribution in [3.63, 3.8) is 0 Å². The second-order valence-corrected chi connectivity index (χ2v) is 5.04. The van der Waals surface area contributed by atoms with Gasteiger partial charge in [-0.3, -0.25) is 4.79 Å². The number of benzene rings is 1. The summed E-state index contributed by atoms with van der Waals surface area (Å²) in [5.74, 6) is 0.349. The Kier molecular flexibility index (Phi) is 4.41. The van der Waals surface area contributed by atoms with Crippen LogP contribution in [0.15, 0.2) is 35.7 Å². The Morgan fingerprint density at radius 2 is 2.26 bits per heavy atom. The Balaban J connectivity index is 2.05. The van der Waals surface area contributed by atoms with Crippen LogP contribution >= 0.6 is 11.3 Å². The van der Waals surface area contributed by atoms with Crippen LogP contribution < -0.4 is 15.8 Å². The van der Waals surface area contributed by atoms with Gasteiger partial charge >= 0.3 is 0 Å². The van der Waals surface area contributed by atoms with Gasteiger partial charge in [-0.05, 0) is 23.6 Å². The van der Waals surface area contributed by atoms with E-state index in [1.54, 1.807) is 36.6 Å². The molecule has 0 unspecified atom stereocenters. The predicted molar refractivity (Wildman–Crippen MR) is 77.8 cm³/mol. The number of anilines is 1. The molecule has 0 bridgehead atoms. The van der Waals surface area contributed by atoms with E-state index in [1.807, 2.05) is 11.4 Å². The van der Waals surface area contributed by atoms with E-state index in [2.05, 4.69) is 11.4 Å². The minimum atomic E-state index is -0.175. The number of carbonyl (C=O) groups is 1. The van der Waals surface area contributed by atoms with Gasteiger partial charge in [0.05, 0.1) is 12.2 Å². The van der Waals surface area contributed by atoms with Crippen LogP contribution in [0.25, 0.3) is 0 Å². The predicted octanol–water partition coefficient (Wildman–Crippen LogP) is 2.31. The molecule has 0 radical (unpaired) electrons. The van der Waals surface area contributed by atoms with Gasteiger partial charge in [-0.15, -0.1) is 11.3 Å². The molecule has 1 aromatic carbocycles. The molecular weight excluding hydrogens is 260 g/mol. The number of hydrogen-bond donors (Lipinski definition) is 2. The highest BCUT2D eigenvalue weighted by Crippen LogP contribution is 2.22. The molecular formula is C14H16N2O2S. The molecule has 0 aliphatic rings. The molecule has 1 aromatic heterocycles. The molecule has 0 saturated carbocycles. The summed E-state index contributed by atoms with van der Waals surface area (Å²) in [5, 5.41) is 4.62. The molecule has 19 heavy (non-hydrogen) atoms. The maximum Gasteiger partial charge on any atom is 0.254 e. The number of ether oxygens (including phenoxy) is 1. The second kappa shape index (κ2) is 6.24. The summed E-state index contributed by atoms with van der Waals surface area (Å²) >= 11 is 1.69. The molecule has 4 nitrogen and oxygen atoms in total. The van der Waals surface area contributed by atoms with Crippen molar-refractivity contribution in [2.45, 2.75) is 6.42 Å². The van der Waals surface area contributed by atoms with Gasteiger partial charge < -0.3 is 15.8 Å². The van der Waals surface area contributed by atoms with Gasteiger partial charge in [-0.25, -0.2) is 0 Å². The lowest BCUT2D eigenvalue weighted by Gasteiger charge is -2.11. The van der Waals surface area contributed by atoms with E-state index in [0.717, 1.165) is 6.42 Å². The van der Waals surface area contributed by atoms with Crippen LogP contribution in [0.3, 0.4) is 0 Å². The fraction of sp³-hybridized carbons (Fsp3) is 0.214. The maximum absolute atomic E-state index is 11.7. The van der Waals surface area contributed by atoms with Crippen LogP contribution in [0.4, 0.5) is 5.69 Å². The largest absolute Gasteiger partial charge is 0.492 e. The third-order valence-corrected chi connectivity index (χ3v) is 3.60. The molecule has 1 heterocycles. The smallest absolute Gasteiger partial charge is 0.254 e. The molecule has 0 aliphatic carbocycles. The molecule has 5 heteroatoms. The minimum absolute atomic E-state index is 0.175. The van der Waals surface area contributed by atoms with Crippen molar-refractivity contribution in [3.8, 4) is 5.75 Å². The van der Waals surface area contributed by atoms with Gasteiger partial charge in [0.2, 0.25) is 0 Å². The van der Waals surface area contributed by atoms with Crippen molar-refractivity contribution < 1.29 is 9.53 Å². The number of hydrogen-bond acceptors (Lipinski definition) is 4. The van der Waals surface area contributed by atoms with Crippen LogP contribution in [-0.2, 0) is 6.42 Å². The van der Waals surface area contributed by atoms with Gasteiger partial charge in [0.25, 0.3) is 5.91 Å². The summed E-state index contributed by atoms with van der Waals surface area (Å²) in [6.07, 6.45) is 0.819. The van der Waals surface area contributed by atoms with Crippen molar-refractivity contribution in [2.24, 2.45) is 0 Å². The molecule has 1 amide bonds. The first-order valence-electron chi connectivity index (χ1n) is 5.97. The summed E-state index contributed by atoms with van der Waals surface area (Å²) in [6, 6.07) is 9.12. The summed E-state index contributed by atoms with van der Waals surface area (Å²) in [6.45, 7) is 0.522. The fourth-order valence-electron chi connectivity index (χ4n) is 1.70. The molecule has 0 fully saturated rings. The third-order valence-electron chi connectivity index (χ3n) is 2.66. The van der Waals surface area contributed by atoms with Crippen LogP contribution in [0.5, 0.6) is 5.75 Å². The van der Waals surface area contributed by atoms with Crippen LogP contribution in [0.2, 0.25) is 0 Å². The number of nitrogens with one attached hydrogen (secondary N) is 1. The lowest BCUT2D eigenvalue weighted by atomic mass is 10.1. The number of nitrogen functional groups attached to an aromatic ring is 1. The average Bonchev–Trinajstić information content (AvgIpc) is 2.91. The van der Waals surface area contributed by atoms with Crippen molar-refractivity contribution in [3.05, 3.63) is 46.2 Å². The summed E-state index contributed by atoms with van der Waals surface area (Å²) in [4.78, 5) is 13.0. The minimum Gasteiger partial charge on any atom is -0.492 e. The zero-order valence-electron chi connectivity index (χ0n) is 10.7. The normalized spacial score (nSPS) is 10.2. The SMILES string of the molecule is CNC(=O)c1ccc(N)cc1OCCc1cccs1. The quantitative estimate of drug-likeness (QED) is 0.824. The number of thiophene rings is 1. The van der Waals surface area contributed by atoms with Gasteiger partial charge in [0.15, 0.2) is 0 Å². The van der Waals surface area contributed by atoms with Crippen molar-refractivity contribution in [2.75, 3.05) is 19.4 Å². The van der Waals surface area contributed by atoms with E-state index < -0.39 is 0 Å². The fourth-order valence-corrected chi connectivity index (χ4v) is 2.39. The molecule has 0 spiro atoms. The van der Waals surface area contributed by atoms with Crippen molar-refractivity contribution in [1.82, 2.24) is 5.32 Å². The number of carbonyl (C=O) groups excluding carboxylic acids is 1. The van der Waals surface area contributed by atoms with Gasteiger partial charge in [-0.2, -0.15) is 0 Å². The zero-order valence-corrected chi connectivity index (χ0v) is 11.5. The van der Waals surface area contributed by atoms with Gasteiger partial charge in [-0.1, -0.05) is 6.07 Å². The molecule has 0 aliphatic heterocycles. The summed E-state index contributed by atoms with van der Waals surface area (Å²) in [7, 11) is 1.59. The van der Waals surface area contributed by atoms with E-state index in [1.165, 1.54) is 4.88 Å². The Morgan fingerprint density at radius 1 is 1.42 bits per heavy atom. The Morgan fingerprint density at radius 3 is 2.95 bits per heavy atom. The first kappa shape index (κ1) is 13.4. The third kappa shape index (κ3) is 3.48. The van der Waals surface area contributed by atoms with Crippen LogP contribution in [0.1, 0.15) is 15.2 Å². The first-order chi connectivity index (χ1) is 9.20. The first-order valence-corrected chi connectivity index (χ1v) is 6.85. The Bertz CT molecular complexity index is 553. The molecule has 2 aromatic rings. The molecule has 0 atom stereocenters. The highest BCUT2D eigenvalue weighted by molar-refractivity contribution is 7.09. The lowest BCUT2D eigenvalue weighted by Crippen LogP contribution is -2.19. The molecule has 2 rings (SSSR count). The number of rotatable bonds is 5. The van der Waals surface area contributed by atoms with Crippen LogP contribution in [0, 0.1) is 0 Å². The maximum atomic E-state index is 11.7. The topological polar surface area (TPSA) is 64.4 Å². The van der Waals surface area contributed by atoms with E-state index in [9.17, 15) is 4.79 Å². The van der Waals surface area contributed by atoms with Gasteiger partial charge in [0, 0.05) is 30.1 Å². The monoisotopic (exact) mass is 276 g/mol. The van der Waals surface area contributed by atoms with E-state index in [-0.39, 0.29) is 5.91 Å². The molecule has 3 N–H and O–H groups in total. The Labute approximate surface area is 116 Å². The standard InChI is InChI=1S/C14H16N2O2S/c1-16-14(17)12-5-4-10(15)9-13(12)18-7-6-11-3-2-8-19-11/h2-5,8-9H,6-7,15H2,1H3,(H,16,17). The molecule has 100 valence electrons. The average molecular weight is 276 g/mol. The number of amides is 1. The zero-order chi connectivity index (χ0) is 13.7. The summed E-state index contributed by atoms with van der Waals surface area (Å²) in [5.41, 5.74) is 6.81. The highest BCUT2D eigenvalue weighted by atomic mass is 32.1. The summed E-state index contributed by atoms with van der Waals surface area (Å²) < 4.78 is 5.68. The second-order valence-electron chi connectivity index (χ2n) is 4.01. The van der Waals surface area contributed by atoms with Gasteiger partial charge in [0.1, 0.15) is 5.75 Å². The van der Waals surface area contributed by atoms with Crippen LogP contribution in [-0.4, -0.2) is 19.6 Å². The highest BCUT2D eigenvalue weighted by Gasteiger charge is 2.11. The van der Waals surface area contributed by atoms with Crippen molar-refractivity contribution in [1.29, 1.82) is 0 Å². The van der Waals surface area contributed by atoms with E-state index >= 15 is 0 Å². The Hall–Kier alpha value is -2.01. The van der Waals surface area contributed by atoms with E-state index in [0.29, 0.717) is 23.6 Å². The van der Waals surface area contributed by atoms with Crippen molar-refractivity contribution >= 4 is 22.9 Å². The molecule has 0 saturated heterocycles. The van der Waals surface area contributed by atoms with E-state index in [4.69, 9.17) is 10.5 Å².